The number of hydrogen-bond acceptors (Lipinski definition) is 4. The summed E-state index contributed by atoms with van der Waals surface area (Å²) in [6.07, 6.45) is 1.88. The van der Waals surface area contributed by atoms with Gasteiger partial charge in [-0.2, -0.15) is 17.1 Å². The third-order valence-electron chi connectivity index (χ3n) is 8.74. The number of rotatable bonds is 6. The van der Waals surface area contributed by atoms with Crippen molar-refractivity contribution in [1.82, 2.24) is 9.55 Å². The molecule has 6 nitrogen and oxygen atoms in total. The smallest absolute Gasteiger partial charge is 0.145 e. The van der Waals surface area contributed by atoms with Gasteiger partial charge in [0.25, 0.3) is 0 Å². The van der Waals surface area contributed by atoms with Gasteiger partial charge < -0.3 is 9.30 Å². The van der Waals surface area contributed by atoms with Gasteiger partial charge in [0.1, 0.15) is 17.2 Å². The average Bonchev–Trinajstić information content (AvgIpc) is 3.66. The number of hydroxylamine groups is 1. The van der Waals surface area contributed by atoms with Gasteiger partial charge >= 0.3 is 0 Å². The van der Waals surface area contributed by atoms with Crippen LogP contribution in [0.2, 0.25) is 0 Å². The molecule has 49 heavy (non-hydrogen) atoms. The van der Waals surface area contributed by atoms with Crippen molar-refractivity contribution in [3.63, 3.8) is 0 Å². The number of ether oxygens (including phenoxy) is 1. The molecule has 8 aromatic rings. The van der Waals surface area contributed by atoms with Crippen molar-refractivity contribution in [1.29, 1.82) is 0 Å². The largest absolute Gasteiger partial charge is 0.509 e. The SMILES string of the molecule is CN1[OH+]N(c2[c-]c(Oc3[c-]c4c(cc3)c3ccccc3n4-c3cc(-c4ccccc4-c4ccccc4)ccn3)ccc2)c2ccccc21.[Pt]. The molecular weight excluding hydrogens is 788 g/mol. The van der Waals surface area contributed by atoms with E-state index in [9.17, 15) is 0 Å². The van der Waals surface area contributed by atoms with Gasteiger partial charge in [-0.15, -0.1) is 45.8 Å². The van der Waals surface area contributed by atoms with Crippen LogP contribution in [0.1, 0.15) is 0 Å². The molecule has 1 N–H and O–H groups in total. The van der Waals surface area contributed by atoms with E-state index in [1.54, 1.807) is 0 Å². The summed E-state index contributed by atoms with van der Waals surface area (Å²) in [4.78, 5) is 9.58. The fourth-order valence-electron chi connectivity index (χ4n) is 6.55. The third kappa shape index (κ3) is 5.45. The summed E-state index contributed by atoms with van der Waals surface area (Å²) in [5.74, 6) is 1.97. The molecule has 0 amide bonds. The Bertz CT molecular complexity index is 2460. The van der Waals surface area contributed by atoms with Crippen LogP contribution >= 0.6 is 0 Å². The van der Waals surface area contributed by atoms with E-state index in [2.05, 4.69) is 114 Å². The van der Waals surface area contributed by atoms with Crippen molar-refractivity contribution in [2.75, 3.05) is 17.2 Å². The van der Waals surface area contributed by atoms with Gasteiger partial charge in [0.05, 0.1) is 7.05 Å². The van der Waals surface area contributed by atoms with Crippen LogP contribution in [0.4, 0.5) is 17.1 Å². The first-order chi connectivity index (χ1) is 23.7. The number of fused-ring (bicyclic) bond motifs is 4. The van der Waals surface area contributed by atoms with E-state index in [0.717, 1.165) is 55.8 Å². The van der Waals surface area contributed by atoms with E-state index in [1.165, 1.54) is 11.1 Å². The summed E-state index contributed by atoms with van der Waals surface area (Å²) in [6, 6.07) is 56.6. The zero-order valence-corrected chi connectivity index (χ0v) is 28.7. The zero-order valence-electron chi connectivity index (χ0n) is 26.4. The maximum atomic E-state index is 6.42. The maximum Gasteiger partial charge on any atom is 0.145 e. The van der Waals surface area contributed by atoms with Crippen LogP contribution in [0.3, 0.4) is 0 Å². The van der Waals surface area contributed by atoms with Crippen LogP contribution in [0.5, 0.6) is 11.5 Å². The predicted molar refractivity (Wildman–Crippen MR) is 192 cm³/mol. The van der Waals surface area contributed by atoms with Crippen molar-refractivity contribution in [3.8, 4) is 39.6 Å². The summed E-state index contributed by atoms with van der Waals surface area (Å²) < 4.78 is 8.59. The second-order valence-corrected chi connectivity index (χ2v) is 11.7. The fraction of sp³-hybridized carbons (Fsp3) is 0.0238. The molecule has 0 aliphatic carbocycles. The normalized spacial score (nSPS) is 12.3. The molecule has 9 rings (SSSR count). The van der Waals surface area contributed by atoms with Crippen LogP contribution in [-0.2, 0) is 21.1 Å². The third-order valence-corrected chi connectivity index (χ3v) is 8.74. The Kier molecular flexibility index (Phi) is 7.96. The van der Waals surface area contributed by atoms with Crippen molar-refractivity contribution < 1.29 is 30.7 Å². The van der Waals surface area contributed by atoms with E-state index < -0.39 is 0 Å². The topological polar surface area (TPSA) is 46.3 Å². The molecule has 0 radical (unpaired) electrons. The summed E-state index contributed by atoms with van der Waals surface area (Å²) in [7, 11) is 1.94. The van der Waals surface area contributed by atoms with Gasteiger partial charge in [-0.1, -0.05) is 90.4 Å². The summed E-state index contributed by atoms with van der Waals surface area (Å²) in [5.41, 5.74) is 9.33. The minimum atomic E-state index is 0. The zero-order chi connectivity index (χ0) is 32.0. The Balaban J connectivity index is 0.00000348. The molecular formula is C42H29N4O2Pt-. The van der Waals surface area contributed by atoms with Crippen molar-refractivity contribution in [2.45, 2.75) is 0 Å². The van der Waals surface area contributed by atoms with E-state index in [4.69, 9.17) is 14.7 Å². The van der Waals surface area contributed by atoms with Crippen LogP contribution in [-0.4, -0.2) is 21.5 Å². The summed E-state index contributed by atoms with van der Waals surface area (Å²) in [6.45, 7) is 0. The Labute approximate surface area is 298 Å². The van der Waals surface area contributed by atoms with Crippen LogP contribution in [0, 0.1) is 12.1 Å². The number of pyridine rings is 1. The number of anilines is 3. The molecule has 1 aliphatic rings. The molecule has 7 heteroatoms. The maximum absolute atomic E-state index is 6.42. The number of benzene rings is 6. The van der Waals surface area contributed by atoms with Crippen molar-refractivity contribution in [3.05, 3.63) is 164 Å². The Hall–Kier alpha value is -5.68. The summed E-state index contributed by atoms with van der Waals surface area (Å²) in [5, 5.41) is 5.93. The minimum Gasteiger partial charge on any atom is -0.509 e. The number of hydrogen-bond donors (Lipinski definition) is 0. The number of aromatic nitrogens is 2. The van der Waals surface area contributed by atoms with Crippen LogP contribution in [0.15, 0.2) is 152 Å². The molecule has 0 saturated carbocycles. The first kappa shape index (κ1) is 30.6. The van der Waals surface area contributed by atoms with Crippen molar-refractivity contribution in [2.24, 2.45) is 0 Å². The molecule has 240 valence electrons. The van der Waals surface area contributed by atoms with E-state index >= 15 is 0 Å². The molecule has 0 atom stereocenters. The second-order valence-electron chi connectivity index (χ2n) is 11.7. The average molecular weight is 817 g/mol. The van der Waals surface area contributed by atoms with Gasteiger partial charge in [-0.25, -0.2) is 4.98 Å². The summed E-state index contributed by atoms with van der Waals surface area (Å²) >= 11 is 0. The van der Waals surface area contributed by atoms with Gasteiger partial charge in [-0.05, 0) is 58.0 Å². The number of nitrogens with zero attached hydrogens (tertiary/aromatic N) is 4. The molecule has 0 saturated heterocycles. The standard InChI is InChI=1S/C42H28N4O2.Pt/c1-44-39-20-9-10-21-40(39)46(48-44)31-14-11-15-32(27-31)47-33-22-23-37-36-18-7-8-19-38(36)45(41(37)28-33)42-26-30(24-25-43-42)35-17-6-5-16-34(35)29-12-3-2-4-13-29;/h2-26H,1H3;/q-2;/p+1. The van der Waals surface area contributed by atoms with Crippen molar-refractivity contribution >= 4 is 38.9 Å². The molecule has 0 bridgehead atoms. The molecule has 6 aromatic carbocycles. The van der Waals surface area contributed by atoms with E-state index in [0.29, 0.717) is 11.5 Å². The monoisotopic (exact) mass is 816 g/mol. The van der Waals surface area contributed by atoms with Gasteiger partial charge in [0.15, 0.2) is 0 Å². The minimum absolute atomic E-state index is 0. The number of para-hydroxylation sites is 3. The molecule has 0 spiro atoms. The van der Waals surface area contributed by atoms with Gasteiger partial charge in [0.2, 0.25) is 0 Å². The van der Waals surface area contributed by atoms with Crippen LogP contribution < -0.4 is 14.9 Å². The van der Waals surface area contributed by atoms with Gasteiger partial charge in [-0.3, -0.25) is 0 Å². The molecule has 1 aliphatic heterocycles. The molecule has 2 aromatic heterocycles. The molecule has 0 unspecified atom stereocenters. The molecule has 0 fully saturated rings. The van der Waals surface area contributed by atoms with E-state index in [1.807, 2.05) is 71.9 Å². The quantitative estimate of drug-likeness (QED) is 0.124. The second kappa shape index (κ2) is 12.7. The Morgan fingerprint density at radius 2 is 1.33 bits per heavy atom. The Morgan fingerprint density at radius 3 is 2.18 bits per heavy atom. The molecule has 3 heterocycles. The predicted octanol–water partition coefficient (Wildman–Crippen LogP) is 10.3. The van der Waals surface area contributed by atoms with Crippen LogP contribution in [0.25, 0.3) is 49.9 Å². The first-order valence-corrected chi connectivity index (χ1v) is 15.8. The Morgan fingerprint density at radius 1 is 0.612 bits per heavy atom. The van der Waals surface area contributed by atoms with Gasteiger partial charge in [0, 0.05) is 50.0 Å². The van der Waals surface area contributed by atoms with E-state index in [-0.39, 0.29) is 21.1 Å². The fourth-order valence-corrected chi connectivity index (χ4v) is 6.55. The first-order valence-electron chi connectivity index (χ1n) is 15.8.